The summed E-state index contributed by atoms with van der Waals surface area (Å²) in [6, 6.07) is 17.8. The second kappa shape index (κ2) is 7.25. The summed E-state index contributed by atoms with van der Waals surface area (Å²) in [6.07, 6.45) is 0.680. The largest absolute Gasteiger partial charge is 0.494 e. The molecule has 0 spiro atoms. The topological polar surface area (TPSA) is 55.5 Å². The molecule has 0 saturated carbocycles. The Bertz CT molecular complexity index is 550. The highest BCUT2D eigenvalue weighted by Gasteiger charge is 2.31. The Morgan fingerprint density at radius 3 is 2.33 bits per heavy atom. The van der Waals surface area contributed by atoms with Gasteiger partial charge in [0.15, 0.2) is 0 Å². The first-order valence-electron chi connectivity index (χ1n) is 7.27. The van der Waals surface area contributed by atoms with Gasteiger partial charge in [0, 0.05) is 12.0 Å². The third-order valence-electron chi connectivity index (χ3n) is 4.00. The fraction of sp³-hybridized carbons (Fsp3) is 0.333. The molecule has 2 aromatic carbocycles. The van der Waals surface area contributed by atoms with E-state index in [0.717, 1.165) is 16.9 Å². The molecule has 2 rings (SSSR count). The fourth-order valence-corrected chi connectivity index (χ4v) is 2.62. The van der Waals surface area contributed by atoms with Crippen LogP contribution in [-0.2, 0) is 5.41 Å². The van der Waals surface area contributed by atoms with Crippen LogP contribution >= 0.6 is 0 Å². The second-order valence-electron chi connectivity index (χ2n) is 5.37. The van der Waals surface area contributed by atoms with Gasteiger partial charge >= 0.3 is 0 Å². The first-order valence-corrected chi connectivity index (χ1v) is 7.27. The molecule has 0 aliphatic rings. The van der Waals surface area contributed by atoms with Crippen molar-refractivity contribution in [3.63, 3.8) is 0 Å². The van der Waals surface area contributed by atoms with Gasteiger partial charge in [-0.25, -0.2) is 0 Å². The van der Waals surface area contributed by atoms with Crippen LogP contribution in [0.3, 0.4) is 0 Å². The molecule has 3 N–H and O–H groups in total. The second-order valence-corrected chi connectivity index (χ2v) is 5.37. The zero-order valence-corrected chi connectivity index (χ0v) is 12.5. The number of para-hydroxylation sites is 1. The molecule has 3 heteroatoms. The lowest BCUT2D eigenvalue weighted by molar-refractivity contribution is 0.163. The maximum Gasteiger partial charge on any atom is 0.119 e. The SMILES string of the molecule is Cc1ccccc1C(CN)(CO)CCOc1ccccc1. The number of aliphatic hydroxyl groups excluding tert-OH is 1. The monoisotopic (exact) mass is 285 g/mol. The van der Waals surface area contributed by atoms with Crippen LogP contribution in [0.15, 0.2) is 54.6 Å². The Hall–Kier alpha value is -1.84. The third kappa shape index (κ3) is 3.63. The van der Waals surface area contributed by atoms with Crippen LogP contribution in [-0.4, -0.2) is 24.9 Å². The van der Waals surface area contributed by atoms with Crippen LogP contribution in [0.5, 0.6) is 5.75 Å². The number of aryl methyl sites for hydroxylation is 1. The molecule has 1 unspecified atom stereocenters. The van der Waals surface area contributed by atoms with Gasteiger partial charge in [0.1, 0.15) is 5.75 Å². The zero-order valence-electron chi connectivity index (χ0n) is 12.5. The minimum atomic E-state index is -0.444. The van der Waals surface area contributed by atoms with Gasteiger partial charge in [-0.05, 0) is 36.6 Å². The summed E-state index contributed by atoms with van der Waals surface area (Å²) in [5.74, 6) is 0.839. The first kappa shape index (κ1) is 15.5. The van der Waals surface area contributed by atoms with E-state index in [0.29, 0.717) is 19.6 Å². The van der Waals surface area contributed by atoms with E-state index >= 15 is 0 Å². The maximum atomic E-state index is 9.92. The molecule has 112 valence electrons. The Labute approximate surface area is 126 Å². The van der Waals surface area contributed by atoms with E-state index in [1.165, 1.54) is 0 Å². The van der Waals surface area contributed by atoms with Gasteiger partial charge in [-0.3, -0.25) is 0 Å². The average molecular weight is 285 g/mol. The van der Waals surface area contributed by atoms with Crippen molar-refractivity contribution in [1.29, 1.82) is 0 Å². The zero-order chi connectivity index (χ0) is 15.1. The van der Waals surface area contributed by atoms with Gasteiger partial charge in [0.05, 0.1) is 13.2 Å². The van der Waals surface area contributed by atoms with Crippen molar-refractivity contribution in [2.45, 2.75) is 18.8 Å². The van der Waals surface area contributed by atoms with Gasteiger partial charge in [-0.1, -0.05) is 42.5 Å². The Balaban J connectivity index is 2.10. The van der Waals surface area contributed by atoms with Gasteiger partial charge in [0.25, 0.3) is 0 Å². The normalized spacial score (nSPS) is 13.7. The number of ether oxygens (including phenoxy) is 1. The van der Waals surface area contributed by atoms with Crippen LogP contribution in [0.1, 0.15) is 17.5 Å². The summed E-state index contributed by atoms with van der Waals surface area (Å²) in [5, 5.41) is 9.92. The van der Waals surface area contributed by atoms with E-state index in [2.05, 4.69) is 0 Å². The molecular formula is C18H23NO2. The molecule has 0 aliphatic heterocycles. The predicted molar refractivity (Wildman–Crippen MR) is 85.6 cm³/mol. The molecule has 21 heavy (non-hydrogen) atoms. The highest BCUT2D eigenvalue weighted by Crippen LogP contribution is 2.29. The predicted octanol–water partition coefficient (Wildman–Crippen LogP) is 2.65. The molecule has 0 radical (unpaired) electrons. The number of nitrogens with two attached hydrogens (primary N) is 1. The molecule has 0 aromatic heterocycles. The number of benzene rings is 2. The van der Waals surface area contributed by atoms with Crippen LogP contribution in [0.25, 0.3) is 0 Å². The maximum absolute atomic E-state index is 9.92. The van der Waals surface area contributed by atoms with Crippen molar-refractivity contribution in [3.05, 3.63) is 65.7 Å². The Kier molecular flexibility index (Phi) is 5.37. The molecule has 0 bridgehead atoms. The van der Waals surface area contributed by atoms with E-state index < -0.39 is 5.41 Å². The molecule has 1 atom stereocenters. The van der Waals surface area contributed by atoms with Crippen molar-refractivity contribution in [3.8, 4) is 5.75 Å². The van der Waals surface area contributed by atoms with E-state index in [9.17, 15) is 5.11 Å². The van der Waals surface area contributed by atoms with Crippen LogP contribution in [0.2, 0.25) is 0 Å². The molecular weight excluding hydrogens is 262 g/mol. The molecule has 2 aromatic rings. The Morgan fingerprint density at radius 2 is 1.71 bits per heavy atom. The molecule has 0 amide bonds. The van der Waals surface area contributed by atoms with Crippen LogP contribution in [0.4, 0.5) is 0 Å². The van der Waals surface area contributed by atoms with Crippen LogP contribution in [0, 0.1) is 6.92 Å². The minimum absolute atomic E-state index is 0.0203. The van der Waals surface area contributed by atoms with E-state index in [-0.39, 0.29) is 6.61 Å². The average Bonchev–Trinajstić information content (AvgIpc) is 2.54. The van der Waals surface area contributed by atoms with Crippen molar-refractivity contribution >= 4 is 0 Å². The third-order valence-corrected chi connectivity index (χ3v) is 4.00. The van der Waals surface area contributed by atoms with E-state index in [4.69, 9.17) is 10.5 Å². The quantitative estimate of drug-likeness (QED) is 0.822. The number of rotatable bonds is 7. The Morgan fingerprint density at radius 1 is 1.05 bits per heavy atom. The number of aliphatic hydroxyl groups is 1. The standard InChI is InChI=1S/C18H23NO2/c1-15-7-5-6-10-17(15)18(13-19,14-20)11-12-21-16-8-3-2-4-9-16/h2-10,20H,11-14,19H2,1H3. The summed E-state index contributed by atoms with van der Waals surface area (Å²) in [6.45, 7) is 2.99. The molecule has 0 saturated heterocycles. The minimum Gasteiger partial charge on any atom is -0.494 e. The molecule has 0 fully saturated rings. The summed E-state index contributed by atoms with van der Waals surface area (Å²) in [4.78, 5) is 0. The molecule has 0 heterocycles. The number of hydrogen-bond acceptors (Lipinski definition) is 3. The van der Waals surface area contributed by atoms with Gasteiger partial charge in [0.2, 0.25) is 0 Å². The van der Waals surface area contributed by atoms with Crippen molar-refractivity contribution in [1.82, 2.24) is 0 Å². The first-order chi connectivity index (χ1) is 10.2. The summed E-state index contributed by atoms with van der Waals surface area (Å²) < 4.78 is 5.76. The smallest absolute Gasteiger partial charge is 0.119 e. The molecule has 3 nitrogen and oxygen atoms in total. The van der Waals surface area contributed by atoms with Crippen molar-refractivity contribution in [2.75, 3.05) is 19.8 Å². The lowest BCUT2D eigenvalue weighted by atomic mass is 9.76. The van der Waals surface area contributed by atoms with Crippen molar-refractivity contribution in [2.24, 2.45) is 5.73 Å². The van der Waals surface area contributed by atoms with Gasteiger partial charge in [-0.2, -0.15) is 0 Å². The van der Waals surface area contributed by atoms with Crippen LogP contribution < -0.4 is 10.5 Å². The summed E-state index contributed by atoms with van der Waals surface area (Å²) in [7, 11) is 0. The van der Waals surface area contributed by atoms with Gasteiger partial charge < -0.3 is 15.6 Å². The summed E-state index contributed by atoms with van der Waals surface area (Å²) in [5.41, 5.74) is 7.79. The highest BCUT2D eigenvalue weighted by atomic mass is 16.5. The molecule has 0 aliphatic carbocycles. The van der Waals surface area contributed by atoms with Gasteiger partial charge in [-0.15, -0.1) is 0 Å². The van der Waals surface area contributed by atoms with Crippen molar-refractivity contribution < 1.29 is 9.84 Å². The lowest BCUT2D eigenvalue weighted by Crippen LogP contribution is -2.40. The number of hydrogen-bond donors (Lipinski definition) is 2. The lowest BCUT2D eigenvalue weighted by Gasteiger charge is -2.32. The van der Waals surface area contributed by atoms with E-state index in [1.54, 1.807) is 0 Å². The summed E-state index contributed by atoms with van der Waals surface area (Å²) >= 11 is 0. The van der Waals surface area contributed by atoms with E-state index in [1.807, 2.05) is 61.5 Å². The highest BCUT2D eigenvalue weighted by molar-refractivity contribution is 5.34. The fourth-order valence-electron chi connectivity index (χ4n) is 2.62.